The minimum atomic E-state index is -0.953. The number of hydrogen-bond acceptors (Lipinski definition) is 4. The van der Waals surface area contributed by atoms with Crippen molar-refractivity contribution in [1.82, 2.24) is 24.5 Å². The zero-order valence-corrected chi connectivity index (χ0v) is 26.6. The zero-order chi connectivity index (χ0) is 30.7. The van der Waals surface area contributed by atoms with E-state index < -0.39 is 11.4 Å². The van der Waals surface area contributed by atoms with Gasteiger partial charge in [0.25, 0.3) is 0 Å². The van der Waals surface area contributed by atoms with E-state index in [1.807, 2.05) is 74.0 Å². The van der Waals surface area contributed by atoms with E-state index in [4.69, 9.17) is 11.6 Å². The lowest BCUT2D eigenvalue weighted by Crippen LogP contribution is -2.32. The maximum absolute atomic E-state index is 12.3. The van der Waals surface area contributed by atoms with Gasteiger partial charge in [-0.3, -0.25) is 9.48 Å². The molecule has 0 aliphatic heterocycles. The highest BCUT2D eigenvalue weighted by atomic mass is 35.5. The lowest BCUT2D eigenvalue weighted by atomic mass is 9.72. The highest BCUT2D eigenvalue weighted by Crippen LogP contribution is 2.40. The molecule has 1 unspecified atom stereocenters. The molecule has 1 saturated carbocycles. The first kappa shape index (κ1) is 32.5. The summed E-state index contributed by atoms with van der Waals surface area (Å²) in [6.07, 6.45) is 16.0. The molecule has 2 aromatic carbocycles. The molecule has 1 atom stereocenters. The lowest BCUT2D eigenvalue weighted by Gasteiger charge is -2.31. The Kier molecular flexibility index (Phi) is 12.0. The number of carboxylic acids is 1. The predicted octanol–water partition coefficient (Wildman–Crippen LogP) is 8.22. The van der Waals surface area contributed by atoms with Crippen LogP contribution in [0.5, 0.6) is 0 Å². The molecule has 0 radical (unpaired) electrons. The van der Waals surface area contributed by atoms with E-state index >= 15 is 0 Å². The number of carboxylic acid groups (broad SMARTS) is 1. The Morgan fingerprint density at radius 2 is 1.74 bits per heavy atom. The van der Waals surface area contributed by atoms with Gasteiger partial charge >= 0.3 is 5.97 Å². The van der Waals surface area contributed by atoms with Gasteiger partial charge in [-0.2, -0.15) is 0 Å². The van der Waals surface area contributed by atoms with Gasteiger partial charge in [-0.15, -0.1) is 5.10 Å². The first-order chi connectivity index (χ1) is 20.8. The molecule has 5 rings (SSSR count). The first-order valence-electron chi connectivity index (χ1n) is 15.7. The second kappa shape index (κ2) is 15.9. The van der Waals surface area contributed by atoms with E-state index in [1.54, 1.807) is 18.5 Å². The number of hydrogen-bond donors (Lipinski definition) is 1. The van der Waals surface area contributed by atoms with Gasteiger partial charge in [0.2, 0.25) is 0 Å². The lowest BCUT2D eigenvalue weighted by molar-refractivity contribution is -0.148. The Labute approximate surface area is 261 Å². The molecule has 1 fully saturated rings. The Morgan fingerprint density at radius 3 is 2.35 bits per heavy atom. The van der Waals surface area contributed by atoms with Crippen molar-refractivity contribution in [3.8, 4) is 0 Å². The van der Waals surface area contributed by atoms with Crippen LogP contribution in [0, 0.1) is 11.3 Å². The maximum atomic E-state index is 12.3. The molecule has 1 aliphatic rings. The van der Waals surface area contributed by atoms with Gasteiger partial charge in [0.05, 0.1) is 17.7 Å². The molecule has 1 N–H and O–H groups in total. The number of imidazole rings is 1. The maximum Gasteiger partial charge on any atom is 0.309 e. The number of halogens is 1. The van der Waals surface area contributed by atoms with Crippen molar-refractivity contribution in [3.05, 3.63) is 101 Å². The topological polar surface area (TPSA) is 85.8 Å². The van der Waals surface area contributed by atoms with E-state index in [2.05, 4.69) is 25.9 Å². The van der Waals surface area contributed by atoms with Crippen molar-refractivity contribution in [2.75, 3.05) is 0 Å². The molecule has 8 heteroatoms. The monoisotopic (exact) mass is 603 g/mol. The average Bonchev–Trinajstić information content (AvgIpc) is 3.58. The summed E-state index contributed by atoms with van der Waals surface area (Å²) in [5.41, 5.74) is 1.90. The molecule has 2 aromatic heterocycles. The molecule has 230 valence electrons. The van der Waals surface area contributed by atoms with Crippen LogP contribution >= 0.6 is 11.6 Å². The number of aryl methyl sites for hydroxylation is 2. The Bertz CT molecular complexity index is 1380. The van der Waals surface area contributed by atoms with Crippen LogP contribution in [0.2, 0.25) is 5.02 Å². The summed E-state index contributed by atoms with van der Waals surface area (Å²) in [5.74, 6) is 0.777. The van der Waals surface area contributed by atoms with Gasteiger partial charge in [0.1, 0.15) is 5.82 Å². The Morgan fingerprint density at radius 1 is 1.07 bits per heavy atom. The third kappa shape index (κ3) is 9.27. The minimum absolute atomic E-state index is 0.207. The van der Waals surface area contributed by atoms with Crippen LogP contribution < -0.4 is 0 Å². The smallest absolute Gasteiger partial charge is 0.309 e. The Balaban J connectivity index is 0.000000628. The van der Waals surface area contributed by atoms with Crippen LogP contribution in [0.25, 0.3) is 0 Å². The summed E-state index contributed by atoms with van der Waals surface area (Å²) in [6.45, 7) is 7.01. The molecule has 0 spiro atoms. The van der Waals surface area contributed by atoms with Gasteiger partial charge in [-0.05, 0) is 62.6 Å². The van der Waals surface area contributed by atoms with Crippen LogP contribution in [0.3, 0.4) is 0 Å². The standard InChI is InChI=1S/C29H40ClN5O2.C6H6/c1-4-35-20-24(32-33-35)12-13-25(29(2,3)28(36)37)22-11-14-26(30)23(18-22)19-34-16-15-31-27(34)17-21-9-7-5-6-8-10-21;1-2-4-6-5-3-1/h11,14-16,18,20-21,25H,4-10,12-13,17,19H2,1-3H3,(H,36,37);1-6H. The van der Waals surface area contributed by atoms with E-state index in [0.29, 0.717) is 30.3 Å². The minimum Gasteiger partial charge on any atom is -0.481 e. The van der Waals surface area contributed by atoms with Crippen LogP contribution in [0.4, 0.5) is 0 Å². The first-order valence-corrected chi connectivity index (χ1v) is 16.1. The van der Waals surface area contributed by atoms with Crippen molar-refractivity contribution in [2.24, 2.45) is 11.3 Å². The summed E-state index contributed by atoms with van der Waals surface area (Å²) >= 11 is 6.68. The molecule has 2 heterocycles. The van der Waals surface area contributed by atoms with E-state index in [9.17, 15) is 9.90 Å². The number of carbonyl (C=O) groups is 1. The highest BCUT2D eigenvalue weighted by Gasteiger charge is 2.38. The average molecular weight is 604 g/mol. The second-order valence-corrected chi connectivity index (χ2v) is 12.6. The number of benzene rings is 2. The van der Waals surface area contributed by atoms with E-state index in [0.717, 1.165) is 35.6 Å². The van der Waals surface area contributed by atoms with Crippen molar-refractivity contribution >= 4 is 17.6 Å². The Hall–Kier alpha value is -3.45. The van der Waals surface area contributed by atoms with Crippen LogP contribution in [0.1, 0.15) is 94.3 Å². The fourth-order valence-electron chi connectivity index (χ4n) is 5.99. The largest absolute Gasteiger partial charge is 0.481 e. The molecule has 7 nitrogen and oxygen atoms in total. The third-order valence-corrected chi connectivity index (χ3v) is 9.12. The van der Waals surface area contributed by atoms with Crippen molar-refractivity contribution in [3.63, 3.8) is 0 Å². The van der Waals surface area contributed by atoms with Crippen molar-refractivity contribution in [2.45, 2.75) is 97.6 Å². The van der Waals surface area contributed by atoms with Crippen LogP contribution in [-0.4, -0.2) is 35.6 Å². The summed E-state index contributed by atoms with van der Waals surface area (Å²) < 4.78 is 4.00. The number of nitrogens with zero attached hydrogens (tertiary/aromatic N) is 5. The molecule has 43 heavy (non-hydrogen) atoms. The molecule has 0 bridgehead atoms. The fraction of sp³-hybridized carbons (Fsp3) is 0.486. The molecular formula is C35H46ClN5O2. The highest BCUT2D eigenvalue weighted by molar-refractivity contribution is 6.31. The SMILES string of the molecule is CCn1cc(CCC(c2ccc(Cl)c(Cn3ccnc3CC3CCCCCC3)c2)C(C)(C)C(=O)O)nn1.c1ccccc1. The molecule has 0 saturated heterocycles. The number of aliphatic carboxylic acids is 1. The van der Waals surface area contributed by atoms with E-state index in [1.165, 1.54) is 38.5 Å². The van der Waals surface area contributed by atoms with Gasteiger partial charge in [0.15, 0.2) is 0 Å². The molecule has 1 aliphatic carbocycles. The van der Waals surface area contributed by atoms with Crippen LogP contribution in [-0.2, 0) is 30.7 Å². The van der Waals surface area contributed by atoms with Gasteiger partial charge < -0.3 is 9.67 Å². The number of aromatic nitrogens is 5. The van der Waals surface area contributed by atoms with E-state index in [-0.39, 0.29) is 5.92 Å². The summed E-state index contributed by atoms with van der Waals surface area (Å²) in [4.78, 5) is 17.0. The number of rotatable bonds is 11. The second-order valence-electron chi connectivity index (χ2n) is 12.2. The fourth-order valence-corrected chi connectivity index (χ4v) is 6.17. The summed E-state index contributed by atoms with van der Waals surface area (Å²) in [5, 5.41) is 19.2. The van der Waals surface area contributed by atoms with Crippen molar-refractivity contribution in [1.29, 1.82) is 0 Å². The summed E-state index contributed by atoms with van der Waals surface area (Å²) in [7, 11) is 0. The molecule has 4 aromatic rings. The molecular weight excluding hydrogens is 558 g/mol. The van der Waals surface area contributed by atoms with Gasteiger partial charge in [-0.1, -0.05) is 104 Å². The normalized spacial score (nSPS) is 14.9. The predicted molar refractivity (Wildman–Crippen MR) is 172 cm³/mol. The van der Waals surface area contributed by atoms with Crippen LogP contribution in [0.15, 0.2) is 73.2 Å². The van der Waals surface area contributed by atoms with Gasteiger partial charge in [0, 0.05) is 36.6 Å². The zero-order valence-electron chi connectivity index (χ0n) is 25.8. The quantitative estimate of drug-likeness (QED) is 0.175. The summed E-state index contributed by atoms with van der Waals surface area (Å²) in [6, 6.07) is 18.0. The van der Waals surface area contributed by atoms with Gasteiger partial charge in [-0.25, -0.2) is 4.98 Å². The third-order valence-electron chi connectivity index (χ3n) is 8.75. The van der Waals surface area contributed by atoms with Crippen molar-refractivity contribution < 1.29 is 9.90 Å². The molecule has 0 amide bonds.